The van der Waals surface area contributed by atoms with E-state index in [1.165, 1.54) is 6.92 Å². The lowest BCUT2D eigenvalue weighted by atomic mass is 10.5. The topological polar surface area (TPSA) is 66.9 Å². The number of amidine groups is 1. The highest BCUT2D eigenvalue weighted by molar-refractivity contribution is 8.14. The standard InChI is InChI=1S/C4H8N2OS/c1-3(7)2-8-4(5)6/h2H2,1H3,(H3,5,6). The van der Waals surface area contributed by atoms with Gasteiger partial charge in [-0.2, -0.15) is 0 Å². The Bertz CT molecular complexity index is 98.6. The quantitative estimate of drug-likeness (QED) is 0.416. The Morgan fingerprint density at radius 1 is 1.88 bits per heavy atom. The molecule has 0 unspecified atom stereocenters. The molecule has 4 heteroatoms. The summed E-state index contributed by atoms with van der Waals surface area (Å²) in [6.45, 7) is 1.47. The number of hydrogen-bond acceptors (Lipinski definition) is 3. The number of nitrogens with one attached hydrogen (secondary N) is 1. The predicted molar refractivity (Wildman–Crippen MR) is 35.1 cm³/mol. The molecule has 0 aromatic heterocycles. The molecule has 0 aliphatic heterocycles. The maximum atomic E-state index is 10.2. The summed E-state index contributed by atoms with van der Waals surface area (Å²) in [5.41, 5.74) is 4.93. The molecule has 46 valence electrons. The van der Waals surface area contributed by atoms with Crippen molar-refractivity contribution >= 4 is 22.7 Å². The molecule has 0 amide bonds. The van der Waals surface area contributed by atoms with Crippen LogP contribution in [0.3, 0.4) is 0 Å². The van der Waals surface area contributed by atoms with Gasteiger partial charge in [-0.25, -0.2) is 0 Å². The lowest BCUT2D eigenvalue weighted by molar-refractivity contribution is -0.114. The molecule has 0 spiro atoms. The molecule has 0 saturated heterocycles. The fourth-order valence-corrected chi connectivity index (χ4v) is 0.538. The summed E-state index contributed by atoms with van der Waals surface area (Å²) in [5.74, 6) is 0.361. The first-order valence-corrected chi connectivity index (χ1v) is 3.07. The van der Waals surface area contributed by atoms with Crippen molar-refractivity contribution in [2.24, 2.45) is 5.73 Å². The predicted octanol–water partition coefficient (Wildman–Crippen LogP) is 0.202. The van der Waals surface area contributed by atoms with Crippen LogP contribution in [0.25, 0.3) is 0 Å². The van der Waals surface area contributed by atoms with E-state index in [9.17, 15) is 4.79 Å². The highest BCUT2D eigenvalue weighted by atomic mass is 32.2. The van der Waals surface area contributed by atoms with E-state index in [1.807, 2.05) is 0 Å². The molecule has 0 atom stereocenters. The van der Waals surface area contributed by atoms with Gasteiger partial charge in [-0.05, 0) is 6.92 Å². The van der Waals surface area contributed by atoms with Crippen LogP contribution in [0.15, 0.2) is 0 Å². The van der Waals surface area contributed by atoms with Crippen molar-refractivity contribution in [2.45, 2.75) is 6.92 Å². The summed E-state index contributed by atoms with van der Waals surface area (Å²) in [4.78, 5) is 10.2. The first-order valence-electron chi connectivity index (χ1n) is 2.09. The third-order valence-electron chi connectivity index (χ3n) is 0.431. The summed E-state index contributed by atoms with van der Waals surface area (Å²) < 4.78 is 0. The minimum atomic E-state index is 0.000185. The smallest absolute Gasteiger partial charge is 0.151 e. The summed E-state index contributed by atoms with van der Waals surface area (Å²) in [7, 11) is 0. The average molecular weight is 132 g/mol. The van der Waals surface area contributed by atoms with Crippen LogP contribution in [0, 0.1) is 5.41 Å². The van der Waals surface area contributed by atoms with Crippen LogP contribution in [0.1, 0.15) is 6.92 Å². The van der Waals surface area contributed by atoms with Gasteiger partial charge in [-0.3, -0.25) is 10.2 Å². The Balaban J connectivity index is 3.18. The summed E-state index contributed by atoms with van der Waals surface area (Å²) >= 11 is 1.05. The van der Waals surface area contributed by atoms with Gasteiger partial charge in [0.25, 0.3) is 0 Å². The molecular weight excluding hydrogens is 124 g/mol. The van der Waals surface area contributed by atoms with Crippen molar-refractivity contribution in [2.75, 3.05) is 5.75 Å². The van der Waals surface area contributed by atoms with Crippen LogP contribution in [0.5, 0.6) is 0 Å². The molecule has 0 heterocycles. The van der Waals surface area contributed by atoms with Gasteiger partial charge >= 0.3 is 0 Å². The maximum absolute atomic E-state index is 10.2. The molecule has 0 aromatic carbocycles. The lowest BCUT2D eigenvalue weighted by Crippen LogP contribution is -2.07. The van der Waals surface area contributed by atoms with Crippen LogP contribution in [0.4, 0.5) is 0 Å². The van der Waals surface area contributed by atoms with Gasteiger partial charge in [0.2, 0.25) is 0 Å². The zero-order valence-electron chi connectivity index (χ0n) is 4.60. The fraction of sp³-hybridized carbons (Fsp3) is 0.500. The number of hydrogen-bond donors (Lipinski definition) is 2. The highest BCUT2D eigenvalue weighted by Gasteiger charge is 1.93. The van der Waals surface area contributed by atoms with Crippen LogP contribution in [-0.4, -0.2) is 16.7 Å². The zero-order chi connectivity index (χ0) is 6.57. The highest BCUT2D eigenvalue weighted by Crippen LogP contribution is 1.95. The monoisotopic (exact) mass is 132 g/mol. The molecule has 3 N–H and O–H groups in total. The van der Waals surface area contributed by atoms with Crippen molar-refractivity contribution in [3.8, 4) is 0 Å². The average Bonchev–Trinajstić information content (AvgIpc) is 1.61. The van der Waals surface area contributed by atoms with Crippen molar-refractivity contribution in [3.05, 3.63) is 0 Å². The van der Waals surface area contributed by atoms with Crippen molar-refractivity contribution in [1.82, 2.24) is 0 Å². The number of Topliss-reactive ketones (excluding diaryl/α,β-unsaturated/α-hetero) is 1. The second-order valence-electron chi connectivity index (χ2n) is 1.35. The largest absolute Gasteiger partial charge is 0.379 e. The van der Waals surface area contributed by atoms with E-state index in [0.717, 1.165) is 11.8 Å². The minimum absolute atomic E-state index is 0.000185. The van der Waals surface area contributed by atoms with Gasteiger partial charge < -0.3 is 5.73 Å². The molecule has 0 saturated carbocycles. The van der Waals surface area contributed by atoms with Gasteiger partial charge in [-0.1, -0.05) is 11.8 Å². The molecular formula is C4H8N2OS. The van der Waals surface area contributed by atoms with E-state index in [-0.39, 0.29) is 11.0 Å². The number of carbonyl (C=O) groups excluding carboxylic acids is 1. The van der Waals surface area contributed by atoms with E-state index >= 15 is 0 Å². The molecule has 0 bridgehead atoms. The second kappa shape index (κ2) is 3.49. The SMILES string of the molecule is CC(=O)CSC(=N)N. The fourth-order valence-electron chi connectivity index (χ4n) is 0.179. The Morgan fingerprint density at radius 2 is 2.38 bits per heavy atom. The Hall–Kier alpha value is -0.510. The van der Waals surface area contributed by atoms with Gasteiger partial charge in [0.05, 0.1) is 5.75 Å². The van der Waals surface area contributed by atoms with Crippen LogP contribution >= 0.6 is 11.8 Å². The molecule has 0 fully saturated rings. The normalized spacial score (nSPS) is 8.62. The maximum Gasteiger partial charge on any atom is 0.151 e. The summed E-state index contributed by atoms with van der Waals surface area (Å²) in [6.07, 6.45) is 0. The Labute approximate surface area is 52.1 Å². The number of ketones is 1. The minimum Gasteiger partial charge on any atom is -0.379 e. The Kier molecular flexibility index (Phi) is 3.26. The van der Waals surface area contributed by atoms with Gasteiger partial charge in [0.15, 0.2) is 5.17 Å². The van der Waals surface area contributed by atoms with E-state index in [2.05, 4.69) is 0 Å². The van der Waals surface area contributed by atoms with Crippen LogP contribution < -0.4 is 5.73 Å². The molecule has 3 nitrogen and oxygen atoms in total. The van der Waals surface area contributed by atoms with E-state index in [4.69, 9.17) is 11.1 Å². The van der Waals surface area contributed by atoms with Gasteiger partial charge in [0, 0.05) is 0 Å². The Morgan fingerprint density at radius 3 is 2.50 bits per heavy atom. The van der Waals surface area contributed by atoms with Crippen molar-refractivity contribution < 1.29 is 4.79 Å². The number of carbonyl (C=O) groups is 1. The van der Waals surface area contributed by atoms with Crippen LogP contribution in [0.2, 0.25) is 0 Å². The van der Waals surface area contributed by atoms with Crippen LogP contribution in [-0.2, 0) is 4.79 Å². The summed E-state index contributed by atoms with van der Waals surface area (Å²) in [6, 6.07) is 0. The third-order valence-corrected chi connectivity index (χ3v) is 1.29. The molecule has 0 aliphatic rings. The van der Waals surface area contributed by atoms with Gasteiger partial charge in [-0.15, -0.1) is 0 Å². The molecule has 0 rings (SSSR count). The molecule has 8 heavy (non-hydrogen) atoms. The van der Waals surface area contributed by atoms with Crippen molar-refractivity contribution in [1.29, 1.82) is 5.41 Å². The van der Waals surface area contributed by atoms with E-state index < -0.39 is 0 Å². The van der Waals surface area contributed by atoms with Crippen molar-refractivity contribution in [3.63, 3.8) is 0 Å². The second-order valence-corrected chi connectivity index (χ2v) is 2.37. The number of nitrogens with two attached hydrogens (primary N) is 1. The first kappa shape index (κ1) is 7.49. The lowest BCUT2D eigenvalue weighted by Gasteiger charge is -1.90. The summed E-state index contributed by atoms with van der Waals surface area (Å²) in [5, 5.41) is 6.68. The molecule has 0 aliphatic carbocycles. The molecule has 0 radical (unpaired) electrons. The zero-order valence-corrected chi connectivity index (χ0v) is 5.42. The number of rotatable bonds is 2. The number of thioether (sulfide) groups is 1. The third kappa shape index (κ3) is 5.49. The first-order chi connectivity index (χ1) is 3.63. The van der Waals surface area contributed by atoms with E-state index in [0.29, 0.717) is 5.75 Å². The van der Waals surface area contributed by atoms with Gasteiger partial charge in [0.1, 0.15) is 5.78 Å². The molecule has 0 aromatic rings. The van der Waals surface area contributed by atoms with E-state index in [1.54, 1.807) is 0 Å².